The summed E-state index contributed by atoms with van der Waals surface area (Å²) in [6.07, 6.45) is 2.92. The molecule has 4 rings (SSSR count). The molecule has 3 N–H and O–H groups in total. The van der Waals surface area contributed by atoms with Crippen LogP contribution >= 0.6 is 11.3 Å². The van der Waals surface area contributed by atoms with Gasteiger partial charge in [0.05, 0.1) is 16.6 Å². The van der Waals surface area contributed by atoms with Crippen LogP contribution in [0.3, 0.4) is 0 Å². The van der Waals surface area contributed by atoms with E-state index in [0.29, 0.717) is 12.8 Å². The molecule has 4 aromatic rings. The molecule has 0 saturated heterocycles. The molecule has 0 aliphatic carbocycles. The highest BCUT2D eigenvalue weighted by molar-refractivity contribution is 7.87. The zero-order valence-electron chi connectivity index (χ0n) is 19.7. The third-order valence-corrected chi connectivity index (χ3v) is 7.32. The van der Waals surface area contributed by atoms with Gasteiger partial charge in [-0.3, -0.25) is 14.1 Å². The summed E-state index contributed by atoms with van der Waals surface area (Å²) >= 11 is 1.53. The molecule has 1 amide bonds. The molecule has 2 atom stereocenters. The van der Waals surface area contributed by atoms with E-state index in [9.17, 15) is 13.2 Å². The van der Waals surface area contributed by atoms with Gasteiger partial charge < -0.3 is 5.32 Å². The summed E-state index contributed by atoms with van der Waals surface area (Å²) < 4.78 is 33.2. The van der Waals surface area contributed by atoms with E-state index < -0.39 is 10.3 Å². The molecule has 0 spiro atoms. The van der Waals surface area contributed by atoms with Crippen molar-refractivity contribution >= 4 is 33.2 Å². The summed E-state index contributed by atoms with van der Waals surface area (Å²) in [7, 11) is -4.35. The first kappa shape index (κ1) is 25.6. The van der Waals surface area contributed by atoms with Gasteiger partial charge in [0.25, 0.3) is 0 Å². The monoisotopic (exact) mass is 521 g/mol. The summed E-state index contributed by atoms with van der Waals surface area (Å²) in [5, 5.41) is 3.96. The van der Waals surface area contributed by atoms with Crippen molar-refractivity contribution in [2.45, 2.75) is 25.8 Å². The van der Waals surface area contributed by atoms with Gasteiger partial charge in [0.2, 0.25) is 5.91 Å². The van der Waals surface area contributed by atoms with Crippen LogP contribution < -0.4 is 10.0 Å². The Kier molecular flexibility index (Phi) is 8.14. The number of thiazole rings is 1. The molecule has 0 fully saturated rings. The molecular formula is C27H27N3O4S2. The largest absolute Gasteiger partial charge is 0.357 e. The Labute approximate surface area is 215 Å². The maximum absolute atomic E-state index is 13.2. The van der Waals surface area contributed by atoms with E-state index in [1.165, 1.54) is 11.3 Å². The van der Waals surface area contributed by atoms with Crippen molar-refractivity contribution in [1.82, 2.24) is 10.3 Å². The lowest BCUT2D eigenvalue weighted by Crippen LogP contribution is -2.34. The Morgan fingerprint density at radius 1 is 0.917 bits per heavy atom. The van der Waals surface area contributed by atoms with Gasteiger partial charge in [-0.2, -0.15) is 8.42 Å². The number of hydrogen-bond acceptors (Lipinski definition) is 5. The van der Waals surface area contributed by atoms with E-state index in [1.54, 1.807) is 24.3 Å². The van der Waals surface area contributed by atoms with Gasteiger partial charge in [-0.05, 0) is 41.7 Å². The van der Waals surface area contributed by atoms with Crippen LogP contribution in [0.15, 0.2) is 91.1 Å². The molecule has 7 nitrogen and oxygen atoms in total. The van der Waals surface area contributed by atoms with Crippen molar-refractivity contribution in [3.8, 4) is 10.4 Å². The first-order chi connectivity index (χ1) is 17.3. The average molecular weight is 522 g/mol. The van der Waals surface area contributed by atoms with E-state index in [-0.39, 0.29) is 23.6 Å². The van der Waals surface area contributed by atoms with Crippen molar-refractivity contribution < 1.29 is 17.8 Å². The molecule has 3 aromatic carbocycles. The molecule has 9 heteroatoms. The van der Waals surface area contributed by atoms with Gasteiger partial charge in [0, 0.05) is 12.1 Å². The van der Waals surface area contributed by atoms with Crippen LogP contribution in [-0.4, -0.2) is 23.9 Å². The maximum Gasteiger partial charge on any atom is 0.357 e. The molecule has 186 valence electrons. The van der Waals surface area contributed by atoms with E-state index in [4.69, 9.17) is 4.55 Å². The highest BCUT2D eigenvalue weighted by atomic mass is 32.2. The van der Waals surface area contributed by atoms with Gasteiger partial charge in [0.15, 0.2) is 0 Å². The molecule has 0 aliphatic heterocycles. The standard InChI is InChI=1S/C27H27N3O4S2/c1-19(16-20-8-4-2-5-9-20)26(31)29-24(17-21-12-14-23(15-13-21)30-36(32,33)34)27-28-18-25(35-27)22-10-6-3-7-11-22/h2-15,18-19,24,30H,16-17H2,1H3,(H,29,31)(H,32,33,34)/t19-,24-/m0/s1. The summed E-state index contributed by atoms with van der Waals surface area (Å²) in [5.74, 6) is -0.297. The minimum absolute atomic E-state index is 0.0648. The van der Waals surface area contributed by atoms with Gasteiger partial charge in [-0.15, -0.1) is 11.3 Å². The molecule has 0 unspecified atom stereocenters. The Hall–Kier alpha value is -3.53. The van der Waals surface area contributed by atoms with Crippen LogP contribution in [-0.2, 0) is 27.9 Å². The fourth-order valence-corrected chi connectivity index (χ4v) is 5.26. The highest BCUT2D eigenvalue weighted by Gasteiger charge is 2.23. The molecule has 0 aliphatic rings. The first-order valence-corrected chi connectivity index (χ1v) is 13.7. The second-order valence-electron chi connectivity index (χ2n) is 8.56. The molecule has 1 heterocycles. The third kappa shape index (κ3) is 7.24. The predicted octanol–water partition coefficient (Wildman–Crippen LogP) is 5.30. The Balaban J connectivity index is 1.54. The van der Waals surface area contributed by atoms with Crippen molar-refractivity contribution in [2.24, 2.45) is 5.92 Å². The lowest BCUT2D eigenvalue weighted by Gasteiger charge is -2.20. The Morgan fingerprint density at radius 3 is 2.17 bits per heavy atom. The summed E-state index contributed by atoms with van der Waals surface area (Å²) in [5.41, 5.74) is 3.29. The molecule has 0 radical (unpaired) electrons. The van der Waals surface area contributed by atoms with Gasteiger partial charge in [-0.25, -0.2) is 4.98 Å². The normalized spacial score (nSPS) is 13.1. The topological polar surface area (TPSA) is 108 Å². The maximum atomic E-state index is 13.2. The molecule has 0 saturated carbocycles. The van der Waals surface area contributed by atoms with Crippen LogP contribution in [0.5, 0.6) is 0 Å². The van der Waals surface area contributed by atoms with E-state index in [0.717, 1.165) is 26.6 Å². The number of rotatable bonds is 10. The van der Waals surface area contributed by atoms with Crippen molar-refractivity contribution in [2.75, 3.05) is 4.72 Å². The van der Waals surface area contributed by atoms with E-state index in [1.807, 2.05) is 78.5 Å². The number of benzene rings is 3. The van der Waals surface area contributed by atoms with Crippen LogP contribution in [0, 0.1) is 5.92 Å². The minimum atomic E-state index is -4.35. The summed E-state index contributed by atoms with van der Waals surface area (Å²) in [6.45, 7) is 1.91. The van der Waals surface area contributed by atoms with Crippen LogP contribution in [0.1, 0.15) is 29.1 Å². The lowest BCUT2D eigenvalue weighted by molar-refractivity contribution is -0.125. The Bertz CT molecular complexity index is 1390. The van der Waals surface area contributed by atoms with E-state index in [2.05, 4.69) is 10.3 Å². The van der Waals surface area contributed by atoms with Crippen molar-refractivity contribution in [3.05, 3.63) is 107 Å². The fraction of sp³-hybridized carbons (Fsp3) is 0.185. The molecule has 36 heavy (non-hydrogen) atoms. The second-order valence-corrected chi connectivity index (χ2v) is 10.8. The number of nitrogens with one attached hydrogen (secondary N) is 2. The number of hydrogen-bond donors (Lipinski definition) is 3. The zero-order chi connectivity index (χ0) is 25.5. The van der Waals surface area contributed by atoms with Crippen molar-refractivity contribution in [3.63, 3.8) is 0 Å². The smallest absolute Gasteiger partial charge is 0.346 e. The molecule has 0 bridgehead atoms. The van der Waals surface area contributed by atoms with Crippen LogP contribution in [0.25, 0.3) is 10.4 Å². The number of carbonyl (C=O) groups excluding carboxylic acids is 1. The number of carbonyl (C=O) groups is 1. The number of nitrogens with zero attached hydrogens (tertiary/aromatic N) is 1. The zero-order valence-corrected chi connectivity index (χ0v) is 21.3. The highest BCUT2D eigenvalue weighted by Crippen LogP contribution is 2.31. The van der Waals surface area contributed by atoms with Crippen molar-refractivity contribution in [1.29, 1.82) is 0 Å². The van der Waals surface area contributed by atoms with Crippen LogP contribution in [0.4, 0.5) is 5.69 Å². The molecule has 1 aromatic heterocycles. The lowest BCUT2D eigenvalue weighted by atomic mass is 9.99. The average Bonchev–Trinajstić information content (AvgIpc) is 3.35. The fourth-order valence-electron chi connectivity index (χ4n) is 3.85. The van der Waals surface area contributed by atoms with E-state index >= 15 is 0 Å². The number of anilines is 1. The van der Waals surface area contributed by atoms with Gasteiger partial charge >= 0.3 is 10.3 Å². The SMILES string of the molecule is C[C@@H](Cc1ccccc1)C(=O)N[C@@H](Cc1ccc(NS(=O)(=O)O)cc1)c1ncc(-c2ccccc2)s1. The minimum Gasteiger partial charge on any atom is -0.346 e. The predicted molar refractivity (Wildman–Crippen MR) is 143 cm³/mol. The number of amides is 1. The van der Waals surface area contributed by atoms with Gasteiger partial charge in [-0.1, -0.05) is 79.7 Å². The second kappa shape index (κ2) is 11.5. The first-order valence-electron chi connectivity index (χ1n) is 11.5. The summed E-state index contributed by atoms with van der Waals surface area (Å²) in [4.78, 5) is 18.8. The quantitative estimate of drug-likeness (QED) is 0.245. The third-order valence-electron chi connectivity index (χ3n) is 5.67. The van der Waals surface area contributed by atoms with Crippen LogP contribution in [0.2, 0.25) is 0 Å². The Morgan fingerprint density at radius 2 is 1.53 bits per heavy atom. The summed E-state index contributed by atoms with van der Waals surface area (Å²) in [6, 6.07) is 26.1. The van der Waals surface area contributed by atoms with Gasteiger partial charge in [0.1, 0.15) is 5.01 Å². The number of aromatic nitrogens is 1. The molecular weight excluding hydrogens is 494 g/mol.